The van der Waals surface area contributed by atoms with Gasteiger partial charge in [0.2, 0.25) is 10.0 Å². The zero-order chi connectivity index (χ0) is 31.2. The van der Waals surface area contributed by atoms with Crippen molar-refractivity contribution in [2.24, 2.45) is 0 Å². The number of hydrogen-bond acceptors (Lipinski definition) is 7. The average molecular weight is 629 g/mol. The van der Waals surface area contributed by atoms with Gasteiger partial charge in [0.15, 0.2) is 6.29 Å². The largest absolute Gasteiger partial charge is 0.395 e. The van der Waals surface area contributed by atoms with E-state index in [0.29, 0.717) is 6.42 Å². The fourth-order valence-corrected chi connectivity index (χ4v) is 7.26. The van der Waals surface area contributed by atoms with Crippen molar-refractivity contribution in [2.75, 3.05) is 19.7 Å². The molecule has 3 N–H and O–H groups in total. The molecule has 8 nitrogen and oxygen atoms in total. The maximum Gasteiger partial charge on any atom is 0.240 e. The van der Waals surface area contributed by atoms with Crippen LogP contribution in [0, 0.1) is 0 Å². The Hall–Kier alpha value is -3.41. The molecule has 45 heavy (non-hydrogen) atoms. The van der Waals surface area contributed by atoms with Crippen LogP contribution in [0.2, 0.25) is 0 Å². The summed E-state index contributed by atoms with van der Waals surface area (Å²) in [5.41, 5.74) is 5.55. The standard InChI is InChI=1S/C36H40N2O6S/c39-24-26-14-16-28(17-15-26)35-21-33(23-38-18-6-11-32(38)25-40)43-36(44-35)31-10-5-9-30(20-31)29-8-4-7-27(19-29)22-37-45(41,42)34-12-2-1-3-13-34/h1-5,7-10,12-17,19-20,32-33,35-37,39-40H,6,11,18,21-25H2/t32-,33-,35+,36+/m0/s1. The van der Waals surface area contributed by atoms with E-state index >= 15 is 0 Å². The van der Waals surface area contributed by atoms with E-state index in [4.69, 9.17) is 9.47 Å². The highest BCUT2D eigenvalue weighted by Crippen LogP contribution is 2.39. The first-order chi connectivity index (χ1) is 21.9. The number of sulfonamides is 1. The van der Waals surface area contributed by atoms with Crippen LogP contribution in [0.25, 0.3) is 11.1 Å². The number of benzene rings is 4. The van der Waals surface area contributed by atoms with E-state index in [0.717, 1.165) is 59.3 Å². The molecule has 4 aromatic rings. The van der Waals surface area contributed by atoms with Gasteiger partial charge in [-0.15, -0.1) is 0 Å². The Morgan fingerprint density at radius 3 is 2.31 bits per heavy atom. The molecular formula is C36H40N2O6S. The molecule has 9 heteroatoms. The van der Waals surface area contributed by atoms with Gasteiger partial charge in [-0.25, -0.2) is 13.1 Å². The van der Waals surface area contributed by atoms with Crippen LogP contribution in [0.15, 0.2) is 108 Å². The average Bonchev–Trinajstić information content (AvgIpc) is 3.55. The molecule has 0 spiro atoms. The Balaban J connectivity index is 1.21. The lowest BCUT2D eigenvalue weighted by Gasteiger charge is -2.38. The van der Waals surface area contributed by atoms with Gasteiger partial charge in [-0.1, -0.05) is 78.9 Å². The SMILES string of the molecule is O=S(=O)(NCc1cccc(-c2cccc([C@@H]3O[C@H](CN4CCC[C@H]4CO)C[C@H](c4ccc(CO)cc4)O3)c2)c1)c1ccccc1. The summed E-state index contributed by atoms with van der Waals surface area (Å²) in [6.07, 6.45) is 1.86. The lowest BCUT2D eigenvalue weighted by atomic mass is 9.98. The van der Waals surface area contributed by atoms with Crippen LogP contribution in [0.4, 0.5) is 0 Å². The third-order valence-electron chi connectivity index (χ3n) is 8.70. The molecule has 4 atom stereocenters. The molecule has 2 saturated heterocycles. The summed E-state index contributed by atoms with van der Waals surface area (Å²) < 4.78 is 41.4. The Bertz CT molecular complexity index is 1660. The minimum absolute atomic E-state index is 0.00936. The quantitative estimate of drug-likeness (QED) is 0.206. The summed E-state index contributed by atoms with van der Waals surface area (Å²) in [5, 5.41) is 19.4. The number of likely N-dealkylation sites (tertiary alicyclic amines) is 1. The summed E-state index contributed by atoms with van der Waals surface area (Å²) in [6.45, 7) is 1.97. The first-order valence-corrected chi connectivity index (χ1v) is 17.0. The fraction of sp³-hybridized carbons (Fsp3) is 0.333. The monoisotopic (exact) mass is 628 g/mol. The predicted octanol–water partition coefficient (Wildman–Crippen LogP) is 5.33. The number of hydrogen-bond donors (Lipinski definition) is 3. The van der Waals surface area contributed by atoms with Gasteiger partial charge < -0.3 is 19.7 Å². The van der Waals surface area contributed by atoms with Crippen molar-refractivity contribution in [1.29, 1.82) is 0 Å². The lowest BCUT2D eigenvalue weighted by Crippen LogP contribution is -2.42. The van der Waals surface area contributed by atoms with E-state index in [2.05, 4.69) is 15.7 Å². The smallest absolute Gasteiger partial charge is 0.240 e. The van der Waals surface area contributed by atoms with Gasteiger partial charge in [-0.3, -0.25) is 4.90 Å². The third-order valence-corrected chi connectivity index (χ3v) is 10.1. The van der Waals surface area contributed by atoms with Gasteiger partial charge in [0, 0.05) is 31.1 Å². The molecule has 0 aromatic heterocycles. The van der Waals surface area contributed by atoms with E-state index in [1.54, 1.807) is 30.3 Å². The number of nitrogens with zero attached hydrogens (tertiary/aromatic N) is 1. The molecule has 0 bridgehead atoms. The van der Waals surface area contributed by atoms with E-state index in [1.807, 2.05) is 66.7 Å². The topological polar surface area (TPSA) is 108 Å². The Morgan fingerprint density at radius 2 is 1.56 bits per heavy atom. The zero-order valence-electron chi connectivity index (χ0n) is 25.2. The van der Waals surface area contributed by atoms with E-state index in [9.17, 15) is 18.6 Å². The maximum absolute atomic E-state index is 12.7. The third kappa shape index (κ3) is 7.70. The van der Waals surface area contributed by atoms with Gasteiger partial charge in [-0.05, 0) is 71.5 Å². The number of ether oxygens (including phenoxy) is 2. The summed E-state index contributed by atoms with van der Waals surface area (Å²) in [5.74, 6) is 0. The fourth-order valence-electron chi connectivity index (χ4n) is 6.22. The molecular weight excluding hydrogens is 588 g/mol. The van der Waals surface area contributed by atoms with Crippen LogP contribution in [-0.2, 0) is 32.6 Å². The Morgan fingerprint density at radius 1 is 0.800 bits per heavy atom. The van der Waals surface area contributed by atoms with Gasteiger partial charge in [-0.2, -0.15) is 0 Å². The van der Waals surface area contributed by atoms with Crippen LogP contribution in [-0.4, -0.2) is 55.4 Å². The first-order valence-electron chi connectivity index (χ1n) is 15.5. The Labute approximate surface area is 265 Å². The second-order valence-corrected chi connectivity index (χ2v) is 13.6. The van der Waals surface area contributed by atoms with Crippen LogP contribution in [0.1, 0.15) is 53.9 Å². The number of aliphatic hydroxyl groups excluding tert-OH is 2. The normalized spacial score (nSPS) is 22.4. The zero-order valence-corrected chi connectivity index (χ0v) is 26.0. The van der Waals surface area contributed by atoms with Crippen molar-refractivity contribution in [3.63, 3.8) is 0 Å². The first kappa shape index (κ1) is 31.6. The van der Waals surface area contributed by atoms with Gasteiger partial charge in [0.05, 0.1) is 30.3 Å². The highest BCUT2D eigenvalue weighted by Gasteiger charge is 2.35. The van der Waals surface area contributed by atoms with Crippen LogP contribution in [0.3, 0.4) is 0 Å². The molecule has 2 heterocycles. The van der Waals surface area contributed by atoms with E-state index in [1.165, 1.54) is 0 Å². The minimum Gasteiger partial charge on any atom is -0.395 e. The second kappa shape index (κ2) is 14.3. The molecule has 0 aliphatic carbocycles. The van der Waals surface area contributed by atoms with Crippen molar-refractivity contribution >= 4 is 10.0 Å². The van der Waals surface area contributed by atoms with E-state index in [-0.39, 0.29) is 42.9 Å². The molecule has 0 amide bonds. The number of rotatable bonds is 11. The molecule has 2 fully saturated rings. The van der Waals surface area contributed by atoms with Crippen molar-refractivity contribution in [3.8, 4) is 11.1 Å². The molecule has 0 saturated carbocycles. The van der Waals surface area contributed by atoms with Crippen molar-refractivity contribution < 1.29 is 28.1 Å². The van der Waals surface area contributed by atoms with Crippen LogP contribution < -0.4 is 4.72 Å². The van der Waals surface area contributed by atoms with Crippen LogP contribution in [0.5, 0.6) is 0 Å². The predicted molar refractivity (Wildman–Crippen MR) is 172 cm³/mol. The molecule has 0 radical (unpaired) electrons. The summed E-state index contributed by atoms with van der Waals surface area (Å²) in [6, 6.07) is 32.3. The number of aliphatic hydroxyl groups is 2. The second-order valence-electron chi connectivity index (χ2n) is 11.8. The lowest BCUT2D eigenvalue weighted by molar-refractivity contribution is -0.253. The van der Waals surface area contributed by atoms with Crippen molar-refractivity contribution in [1.82, 2.24) is 9.62 Å². The van der Waals surface area contributed by atoms with Crippen molar-refractivity contribution in [3.05, 3.63) is 125 Å². The van der Waals surface area contributed by atoms with Crippen molar-refractivity contribution in [2.45, 2.75) is 61.8 Å². The molecule has 2 aliphatic rings. The van der Waals surface area contributed by atoms with Gasteiger partial charge in [0.25, 0.3) is 0 Å². The Kier molecular flexibility index (Phi) is 10.1. The highest BCUT2D eigenvalue weighted by molar-refractivity contribution is 7.89. The molecule has 0 unspecified atom stereocenters. The molecule has 6 rings (SSSR count). The molecule has 4 aromatic carbocycles. The van der Waals surface area contributed by atoms with E-state index < -0.39 is 16.3 Å². The minimum atomic E-state index is -3.62. The summed E-state index contributed by atoms with van der Waals surface area (Å²) in [7, 11) is -3.62. The number of nitrogens with one attached hydrogen (secondary N) is 1. The van der Waals surface area contributed by atoms with Crippen LogP contribution >= 0.6 is 0 Å². The van der Waals surface area contributed by atoms with Gasteiger partial charge >= 0.3 is 0 Å². The summed E-state index contributed by atoms with van der Waals surface area (Å²) >= 11 is 0. The van der Waals surface area contributed by atoms with Gasteiger partial charge in [0.1, 0.15) is 0 Å². The maximum atomic E-state index is 12.7. The molecule has 2 aliphatic heterocycles. The molecule has 236 valence electrons. The summed E-state index contributed by atoms with van der Waals surface area (Å²) in [4.78, 5) is 2.56. The highest BCUT2D eigenvalue weighted by atomic mass is 32.2.